The number of hydrogen-bond acceptors (Lipinski definition) is 4. The van der Waals surface area contributed by atoms with Crippen LogP contribution in [0.15, 0.2) is 65.4 Å². The van der Waals surface area contributed by atoms with Crippen LogP contribution in [0, 0.1) is 6.92 Å². The topological polar surface area (TPSA) is 51.6 Å². The summed E-state index contributed by atoms with van der Waals surface area (Å²) in [4.78, 5) is 4.27. The maximum absolute atomic E-state index is 12.2. The summed E-state index contributed by atoms with van der Waals surface area (Å²) in [5.41, 5.74) is 1.86. The van der Waals surface area contributed by atoms with Gasteiger partial charge in [0.25, 0.3) is 0 Å². The quantitative estimate of drug-likeness (QED) is 0.593. The van der Waals surface area contributed by atoms with E-state index in [9.17, 15) is 5.11 Å². The van der Waals surface area contributed by atoms with Gasteiger partial charge in [-0.25, -0.2) is 0 Å². The number of methoxy groups -OCH3 is 1. The Hall–Kier alpha value is -2.37. The molecule has 2 heterocycles. The maximum Gasteiger partial charge on any atom is 0.174 e. The van der Waals surface area contributed by atoms with Crippen LogP contribution in [0.4, 0.5) is 0 Å². The third-order valence-corrected chi connectivity index (χ3v) is 6.93. The predicted octanol–water partition coefficient (Wildman–Crippen LogP) is 5.21. The molecule has 1 saturated carbocycles. The van der Waals surface area contributed by atoms with E-state index in [-0.39, 0.29) is 5.92 Å². The number of hydrogen-bond donors (Lipinski definition) is 1. The summed E-state index contributed by atoms with van der Waals surface area (Å²) in [7, 11) is 1.60. The Bertz CT molecular complexity index is 1080. The van der Waals surface area contributed by atoms with Crippen molar-refractivity contribution in [1.82, 2.24) is 4.98 Å². The minimum Gasteiger partial charge on any atom is -0.495 e. The number of aryl methyl sites for hydroxylation is 1. The van der Waals surface area contributed by atoms with E-state index in [4.69, 9.17) is 9.47 Å². The van der Waals surface area contributed by atoms with Crippen LogP contribution in [-0.2, 0) is 11.2 Å². The number of aromatic nitrogens is 1. The molecule has 1 aromatic heterocycles. The lowest BCUT2D eigenvalue weighted by molar-refractivity contribution is -0.106. The number of pyridine rings is 1. The van der Waals surface area contributed by atoms with Gasteiger partial charge in [-0.1, -0.05) is 57.9 Å². The van der Waals surface area contributed by atoms with Gasteiger partial charge in [0.1, 0.15) is 17.1 Å². The number of fused-ring (bicyclic) bond motifs is 3. The van der Waals surface area contributed by atoms with Crippen molar-refractivity contribution in [3.63, 3.8) is 0 Å². The second-order valence-corrected chi connectivity index (χ2v) is 8.84. The molecule has 0 amide bonds. The second kappa shape index (κ2) is 6.57. The van der Waals surface area contributed by atoms with E-state index in [0.717, 1.165) is 16.5 Å². The van der Waals surface area contributed by atoms with Crippen LogP contribution in [-0.4, -0.2) is 17.2 Å². The molecule has 0 saturated heterocycles. The minimum atomic E-state index is -1.21. The van der Waals surface area contributed by atoms with Gasteiger partial charge in [0.2, 0.25) is 0 Å². The molecule has 29 heavy (non-hydrogen) atoms. The minimum absolute atomic E-state index is 0.00863. The average Bonchev–Trinajstić information content (AvgIpc) is 3.15. The zero-order valence-corrected chi connectivity index (χ0v) is 17.9. The van der Waals surface area contributed by atoms with E-state index in [1.807, 2.05) is 24.3 Å². The van der Waals surface area contributed by atoms with Gasteiger partial charge < -0.3 is 14.6 Å². The van der Waals surface area contributed by atoms with Gasteiger partial charge in [-0.05, 0) is 43.0 Å². The first-order valence-corrected chi connectivity index (χ1v) is 10.6. The SMILES string of the molecule is COc1cncc2c1C1(O)CCC(c3cccc(C)c3)C1(c1ccc(Br)cc1)O2. The molecule has 1 N–H and O–H groups in total. The molecular formula is C24H22BrNO3. The van der Waals surface area contributed by atoms with Gasteiger partial charge in [-0.2, -0.15) is 0 Å². The Kier molecular flexibility index (Phi) is 4.23. The molecule has 1 aliphatic carbocycles. The summed E-state index contributed by atoms with van der Waals surface area (Å²) in [5, 5.41) is 12.2. The molecule has 0 spiro atoms. The molecule has 3 aromatic rings. The molecule has 5 rings (SSSR count). The fourth-order valence-electron chi connectivity index (χ4n) is 5.22. The lowest BCUT2D eigenvalue weighted by atomic mass is 9.71. The molecule has 4 nitrogen and oxygen atoms in total. The first kappa shape index (κ1) is 18.6. The summed E-state index contributed by atoms with van der Waals surface area (Å²) in [6, 6.07) is 16.6. The summed E-state index contributed by atoms with van der Waals surface area (Å²) in [6.07, 6.45) is 4.72. The monoisotopic (exact) mass is 451 g/mol. The molecule has 1 aliphatic heterocycles. The van der Waals surface area contributed by atoms with Crippen LogP contribution in [0.25, 0.3) is 0 Å². The Labute approximate surface area is 178 Å². The highest BCUT2D eigenvalue weighted by Gasteiger charge is 2.69. The van der Waals surface area contributed by atoms with Crippen molar-refractivity contribution in [3.05, 3.63) is 87.7 Å². The van der Waals surface area contributed by atoms with E-state index in [2.05, 4.69) is 52.1 Å². The van der Waals surface area contributed by atoms with E-state index < -0.39 is 11.2 Å². The number of aliphatic hydroxyl groups is 1. The smallest absolute Gasteiger partial charge is 0.174 e. The molecule has 148 valence electrons. The molecule has 3 atom stereocenters. The van der Waals surface area contributed by atoms with Crippen molar-refractivity contribution in [1.29, 1.82) is 0 Å². The third kappa shape index (κ3) is 2.50. The highest BCUT2D eigenvalue weighted by molar-refractivity contribution is 9.10. The Morgan fingerprint density at radius 3 is 2.69 bits per heavy atom. The van der Waals surface area contributed by atoms with E-state index in [0.29, 0.717) is 23.5 Å². The van der Waals surface area contributed by atoms with Crippen LogP contribution >= 0.6 is 15.9 Å². The van der Waals surface area contributed by atoms with E-state index >= 15 is 0 Å². The van der Waals surface area contributed by atoms with Crippen molar-refractivity contribution >= 4 is 15.9 Å². The van der Waals surface area contributed by atoms with Crippen molar-refractivity contribution < 1.29 is 14.6 Å². The van der Waals surface area contributed by atoms with Crippen molar-refractivity contribution in [2.24, 2.45) is 0 Å². The van der Waals surface area contributed by atoms with Gasteiger partial charge in [-0.3, -0.25) is 4.98 Å². The van der Waals surface area contributed by atoms with Crippen molar-refractivity contribution in [2.75, 3.05) is 7.11 Å². The van der Waals surface area contributed by atoms with Crippen LogP contribution in [0.2, 0.25) is 0 Å². The highest BCUT2D eigenvalue weighted by atomic mass is 79.9. The lowest BCUT2D eigenvalue weighted by Gasteiger charge is -2.40. The van der Waals surface area contributed by atoms with Crippen LogP contribution < -0.4 is 9.47 Å². The number of halogens is 1. The largest absolute Gasteiger partial charge is 0.495 e. The molecule has 1 fully saturated rings. The predicted molar refractivity (Wildman–Crippen MR) is 114 cm³/mol. The summed E-state index contributed by atoms with van der Waals surface area (Å²) in [6.45, 7) is 2.09. The van der Waals surface area contributed by atoms with Crippen LogP contribution in [0.3, 0.4) is 0 Å². The Morgan fingerprint density at radius 2 is 1.97 bits per heavy atom. The van der Waals surface area contributed by atoms with Gasteiger partial charge >= 0.3 is 0 Å². The lowest BCUT2D eigenvalue weighted by Crippen LogP contribution is -2.48. The Morgan fingerprint density at radius 1 is 1.17 bits per heavy atom. The molecule has 5 heteroatoms. The summed E-state index contributed by atoms with van der Waals surface area (Å²) < 4.78 is 13.3. The zero-order valence-electron chi connectivity index (χ0n) is 16.4. The Balaban J connectivity index is 1.78. The number of rotatable bonds is 3. The second-order valence-electron chi connectivity index (χ2n) is 7.93. The van der Waals surface area contributed by atoms with Crippen LogP contribution in [0.5, 0.6) is 11.5 Å². The average molecular weight is 452 g/mol. The third-order valence-electron chi connectivity index (χ3n) is 6.40. The normalized spacial score (nSPS) is 27.2. The molecule has 2 aliphatic rings. The fraction of sp³-hybridized carbons (Fsp3) is 0.292. The van der Waals surface area contributed by atoms with Crippen molar-refractivity contribution in [2.45, 2.75) is 36.9 Å². The molecule has 2 aromatic carbocycles. The first-order chi connectivity index (χ1) is 14.0. The van der Waals surface area contributed by atoms with Gasteiger partial charge in [-0.15, -0.1) is 0 Å². The standard InChI is InChI=1S/C24H22BrNO3/c1-15-4-3-5-16(12-15)19-10-11-23(27)22-20(28-2)13-26-14-21(22)29-24(19,23)17-6-8-18(25)9-7-17/h3-9,12-14,19,27H,10-11H2,1-2H3. The summed E-state index contributed by atoms with van der Waals surface area (Å²) >= 11 is 3.53. The van der Waals surface area contributed by atoms with Crippen LogP contribution in [0.1, 0.15) is 41.0 Å². The van der Waals surface area contributed by atoms with E-state index in [1.165, 1.54) is 11.1 Å². The number of nitrogens with zero attached hydrogens (tertiary/aromatic N) is 1. The molecular weight excluding hydrogens is 430 g/mol. The number of benzene rings is 2. The highest BCUT2D eigenvalue weighted by Crippen LogP contribution is 2.67. The molecule has 3 unspecified atom stereocenters. The molecule has 0 bridgehead atoms. The van der Waals surface area contributed by atoms with Gasteiger partial charge in [0.05, 0.1) is 25.1 Å². The van der Waals surface area contributed by atoms with Gasteiger partial charge in [0, 0.05) is 10.4 Å². The first-order valence-electron chi connectivity index (χ1n) is 9.76. The van der Waals surface area contributed by atoms with E-state index in [1.54, 1.807) is 19.5 Å². The van der Waals surface area contributed by atoms with Gasteiger partial charge in [0.15, 0.2) is 5.60 Å². The molecule has 0 radical (unpaired) electrons. The van der Waals surface area contributed by atoms with Crippen molar-refractivity contribution in [3.8, 4) is 11.5 Å². The summed E-state index contributed by atoms with van der Waals surface area (Å²) in [5.74, 6) is 1.15. The maximum atomic E-state index is 12.2. The fourth-order valence-corrected chi connectivity index (χ4v) is 5.48. The number of ether oxygens (including phenoxy) is 2. The zero-order chi connectivity index (χ0) is 20.2.